The lowest BCUT2D eigenvalue weighted by Gasteiger charge is -2.29. The van der Waals surface area contributed by atoms with E-state index in [0.717, 1.165) is 24.3 Å². The summed E-state index contributed by atoms with van der Waals surface area (Å²) in [4.78, 5) is 15.4. The number of nitrogens with zero attached hydrogens (tertiary/aromatic N) is 1. The zero-order chi connectivity index (χ0) is 11.7. The normalized spacial score (nSPS) is 21.1. The van der Waals surface area contributed by atoms with Gasteiger partial charge in [-0.3, -0.25) is 4.79 Å². The smallest absolute Gasteiger partial charge is 0.264 e. The number of carbonyl (C=O) groups is 1. The first kappa shape index (κ1) is 11.4. The van der Waals surface area contributed by atoms with Crippen LogP contribution in [0.2, 0.25) is 0 Å². The molecule has 0 radical (unpaired) electrons. The fraction of sp³-hybridized carbons (Fsp3) is 0.545. The first-order valence-electron chi connectivity index (χ1n) is 5.41. The predicted octanol–water partition coefficient (Wildman–Crippen LogP) is 1.24. The van der Waals surface area contributed by atoms with E-state index in [-0.39, 0.29) is 12.0 Å². The first-order chi connectivity index (χ1) is 7.58. The number of nitrogens with two attached hydrogens (primary N) is 1. The van der Waals surface area contributed by atoms with E-state index in [0.29, 0.717) is 17.1 Å². The zero-order valence-electron chi connectivity index (χ0n) is 9.27. The van der Waals surface area contributed by atoms with Crippen LogP contribution in [0.1, 0.15) is 27.4 Å². The number of anilines is 1. The minimum Gasteiger partial charge on any atom is -0.398 e. The van der Waals surface area contributed by atoms with Crippen LogP contribution in [0.5, 0.6) is 0 Å². The minimum absolute atomic E-state index is 0.0106. The summed E-state index contributed by atoms with van der Waals surface area (Å²) in [6.07, 6.45) is 1.28. The van der Waals surface area contributed by atoms with Gasteiger partial charge in [0.2, 0.25) is 0 Å². The molecule has 2 rings (SSSR count). The molecule has 0 spiro atoms. The third kappa shape index (κ3) is 2.20. The van der Waals surface area contributed by atoms with E-state index in [2.05, 4.69) is 0 Å². The Morgan fingerprint density at radius 2 is 2.44 bits per heavy atom. The molecular weight excluding hydrogens is 224 g/mol. The summed E-state index contributed by atoms with van der Waals surface area (Å²) in [7, 11) is 0. The monoisotopic (exact) mass is 240 g/mol. The lowest BCUT2D eigenvalue weighted by atomic mass is 10.1. The van der Waals surface area contributed by atoms with E-state index >= 15 is 0 Å². The third-order valence-corrected chi connectivity index (χ3v) is 3.90. The maximum absolute atomic E-state index is 12.1. The number of thiophene rings is 1. The van der Waals surface area contributed by atoms with Crippen LogP contribution < -0.4 is 5.73 Å². The minimum atomic E-state index is -0.379. The van der Waals surface area contributed by atoms with Crippen LogP contribution in [0, 0.1) is 6.92 Å². The second-order valence-corrected chi connectivity index (χ2v) is 5.43. The molecule has 1 aromatic rings. The number of hydrogen-bond acceptors (Lipinski definition) is 4. The molecule has 1 aliphatic heterocycles. The summed E-state index contributed by atoms with van der Waals surface area (Å²) in [5.41, 5.74) is 6.40. The van der Waals surface area contributed by atoms with Crippen molar-refractivity contribution in [2.75, 3.05) is 18.8 Å². The highest BCUT2D eigenvalue weighted by atomic mass is 32.1. The zero-order valence-corrected chi connectivity index (χ0v) is 10.1. The molecule has 4 nitrogen and oxygen atoms in total. The Labute approximate surface area is 98.7 Å². The molecule has 1 atom stereocenters. The molecule has 1 aliphatic rings. The maximum Gasteiger partial charge on any atom is 0.264 e. The van der Waals surface area contributed by atoms with Crippen molar-refractivity contribution in [2.45, 2.75) is 25.9 Å². The SMILES string of the molecule is Cc1sc(C(=O)N2CCC[C@H](O)C2)cc1N. The molecule has 0 unspecified atom stereocenters. The molecule has 0 aliphatic carbocycles. The Morgan fingerprint density at radius 3 is 3.00 bits per heavy atom. The largest absolute Gasteiger partial charge is 0.398 e. The topological polar surface area (TPSA) is 66.6 Å². The number of aliphatic hydroxyl groups excluding tert-OH is 1. The number of aliphatic hydroxyl groups is 1. The van der Waals surface area contributed by atoms with E-state index in [9.17, 15) is 9.90 Å². The van der Waals surface area contributed by atoms with Crippen LogP contribution in [0.4, 0.5) is 5.69 Å². The number of carbonyl (C=O) groups excluding carboxylic acids is 1. The molecule has 1 fully saturated rings. The number of rotatable bonds is 1. The van der Waals surface area contributed by atoms with E-state index < -0.39 is 0 Å². The fourth-order valence-electron chi connectivity index (χ4n) is 1.90. The highest BCUT2D eigenvalue weighted by molar-refractivity contribution is 7.14. The van der Waals surface area contributed by atoms with Gasteiger partial charge in [-0.2, -0.15) is 0 Å². The molecule has 1 saturated heterocycles. The van der Waals surface area contributed by atoms with Crippen LogP contribution in [0.15, 0.2) is 6.07 Å². The standard InChI is InChI=1S/C11H16N2O2S/c1-7-9(12)5-10(16-7)11(15)13-4-2-3-8(14)6-13/h5,8,14H,2-4,6,12H2,1H3/t8-/m0/s1. The summed E-state index contributed by atoms with van der Waals surface area (Å²) >= 11 is 1.42. The summed E-state index contributed by atoms with van der Waals surface area (Å²) in [6.45, 7) is 3.07. The van der Waals surface area contributed by atoms with Crippen molar-refractivity contribution in [3.8, 4) is 0 Å². The van der Waals surface area contributed by atoms with E-state index in [1.54, 1.807) is 11.0 Å². The number of aryl methyl sites for hydroxylation is 1. The van der Waals surface area contributed by atoms with Crippen LogP contribution >= 0.6 is 11.3 Å². The van der Waals surface area contributed by atoms with E-state index in [1.165, 1.54) is 11.3 Å². The molecule has 0 bridgehead atoms. The van der Waals surface area contributed by atoms with Crippen molar-refractivity contribution in [3.63, 3.8) is 0 Å². The molecule has 0 aromatic carbocycles. The van der Waals surface area contributed by atoms with E-state index in [4.69, 9.17) is 5.73 Å². The maximum atomic E-state index is 12.1. The van der Waals surface area contributed by atoms with Crippen LogP contribution in [0.3, 0.4) is 0 Å². The van der Waals surface area contributed by atoms with Crippen molar-refractivity contribution in [2.24, 2.45) is 0 Å². The highest BCUT2D eigenvalue weighted by Crippen LogP contribution is 2.25. The molecular formula is C11H16N2O2S. The lowest BCUT2D eigenvalue weighted by molar-refractivity contribution is 0.0478. The van der Waals surface area contributed by atoms with Gasteiger partial charge in [0.15, 0.2) is 0 Å². The number of β-amino-alcohol motifs (C(OH)–C–C–N with tert-alkyl or cyclic N) is 1. The van der Waals surface area contributed by atoms with Gasteiger partial charge in [0.1, 0.15) is 0 Å². The molecule has 5 heteroatoms. The van der Waals surface area contributed by atoms with Gasteiger partial charge in [0, 0.05) is 23.7 Å². The van der Waals surface area contributed by atoms with Crippen LogP contribution in [-0.2, 0) is 0 Å². The van der Waals surface area contributed by atoms with Gasteiger partial charge in [-0.15, -0.1) is 11.3 Å². The number of amides is 1. The Morgan fingerprint density at radius 1 is 1.69 bits per heavy atom. The highest BCUT2D eigenvalue weighted by Gasteiger charge is 2.24. The molecule has 2 heterocycles. The number of piperidine rings is 1. The average Bonchev–Trinajstić information content (AvgIpc) is 2.58. The van der Waals surface area contributed by atoms with Gasteiger partial charge in [-0.1, -0.05) is 0 Å². The van der Waals surface area contributed by atoms with Gasteiger partial charge in [-0.05, 0) is 25.8 Å². The van der Waals surface area contributed by atoms with Crippen LogP contribution in [-0.4, -0.2) is 35.1 Å². The molecule has 88 valence electrons. The summed E-state index contributed by atoms with van der Waals surface area (Å²) in [5.74, 6) is -0.0106. The number of likely N-dealkylation sites (tertiary alicyclic amines) is 1. The second-order valence-electron chi connectivity index (χ2n) is 4.17. The Bertz CT molecular complexity index is 383. The van der Waals surface area contributed by atoms with Gasteiger partial charge in [-0.25, -0.2) is 0 Å². The second kappa shape index (κ2) is 4.43. The predicted molar refractivity (Wildman–Crippen MR) is 64.6 cm³/mol. The van der Waals surface area contributed by atoms with Crippen molar-refractivity contribution in [1.82, 2.24) is 4.90 Å². The van der Waals surface area contributed by atoms with E-state index in [1.807, 2.05) is 6.92 Å². The fourth-order valence-corrected chi connectivity index (χ4v) is 2.81. The summed E-state index contributed by atoms with van der Waals surface area (Å²) in [5, 5.41) is 9.52. The van der Waals surface area contributed by atoms with Crippen molar-refractivity contribution in [3.05, 3.63) is 15.8 Å². The number of nitrogen functional groups attached to an aromatic ring is 1. The molecule has 0 saturated carbocycles. The quantitative estimate of drug-likeness (QED) is 0.776. The van der Waals surface area contributed by atoms with Crippen molar-refractivity contribution >= 4 is 22.9 Å². The molecule has 1 aromatic heterocycles. The summed E-state index contributed by atoms with van der Waals surface area (Å²) < 4.78 is 0. The molecule has 1 amide bonds. The van der Waals surface area contributed by atoms with Crippen molar-refractivity contribution in [1.29, 1.82) is 0 Å². The number of hydrogen-bond donors (Lipinski definition) is 2. The Balaban J connectivity index is 2.12. The van der Waals surface area contributed by atoms with Crippen molar-refractivity contribution < 1.29 is 9.90 Å². The average molecular weight is 240 g/mol. The van der Waals surface area contributed by atoms with Gasteiger partial charge >= 0.3 is 0 Å². The Hall–Kier alpha value is -1.07. The van der Waals surface area contributed by atoms with Gasteiger partial charge in [0.25, 0.3) is 5.91 Å². The molecule has 3 N–H and O–H groups in total. The third-order valence-electron chi connectivity index (χ3n) is 2.85. The molecule has 16 heavy (non-hydrogen) atoms. The summed E-state index contributed by atoms with van der Waals surface area (Å²) in [6, 6.07) is 1.73. The Kier molecular flexibility index (Phi) is 3.16. The van der Waals surface area contributed by atoms with Gasteiger partial charge < -0.3 is 15.7 Å². The lowest BCUT2D eigenvalue weighted by Crippen LogP contribution is -2.41. The van der Waals surface area contributed by atoms with Crippen LogP contribution in [0.25, 0.3) is 0 Å². The van der Waals surface area contributed by atoms with Gasteiger partial charge in [0.05, 0.1) is 11.0 Å². The first-order valence-corrected chi connectivity index (χ1v) is 6.23.